The van der Waals surface area contributed by atoms with Crippen molar-refractivity contribution in [3.8, 4) is 11.5 Å². The van der Waals surface area contributed by atoms with Crippen LogP contribution in [-0.4, -0.2) is 42.7 Å². The maximum absolute atomic E-state index is 11.6. The van der Waals surface area contributed by atoms with E-state index in [1.54, 1.807) is 25.3 Å². The normalized spacial score (nSPS) is 10.8. The Labute approximate surface area is 114 Å². The molecular weight excluding hydrogens is 244 g/mol. The van der Waals surface area contributed by atoms with E-state index in [0.717, 1.165) is 5.56 Å². The predicted octanol–water partition coefficient (Wildman–Crippen LogP) is 1.36. The Morgan fingerprint density at radius 2 is 2.16 bits per heavy atom. The summed E-state index contributed by atoms with van der Waals surface area (Å²) in [5, 5.41) is 12.7. The molecule has 0 unspecified atom stereocenters. The van der Waals surface area contributed by atoms with E-state index in [0.29, 0.717) is 18.8 Å². The summed E-state index contributed by atoms with van der Waals surface area (Å²) in [5.41, 5.74) is 0.764. The van der Waals surface area contributed by atoms with E-state index in [-0.39, 0.29) is 17.7 Å². The van der Waals surface area contributed by atoms with Gasteiger partial charge in [-0.2, -0.15) is 0 Å². The smallest absolute Gasteiger partial charge is 0.234 e. The van der Waals surface area contributed by atoms with Crippen molar-refractivity contribution in [3.63, 3.8) is 0 Å². The lowest BCUT2D eigenvalue weighted by Gasteiger charge is -2.18. The van der Waals surface area contributed by atoms with Gasteiger partial charge in [0.05, 0.1) is 13.7 Å². The fraction of sp³-hybridized carbons (Fsp3) is 0.500. The Balaban J connectivity index is 2.57. The van der Waals surface area contributed by atoms with Crippen molar-refractivity contribution < 1.29 is 14.6 Å². The second-order valence-electron chi connectivity index (χ2n) is 4.89. The Morgan fingerprint density at radius 1 is 1.47 bits per heavy atom. The molecule has 106 valence electrons. The van der Waals surface area contributed by atoms with Crippen LogP contribution in [0.25, 0.3) is 0 Å². The second-order valence-corrected chi connectivity index (χ2v) is 4.89. The number of hydrogen-bond acceptors (Lipinski definition) is 4. The first-order valence-corrected chi connectivity index (χ1v) is 6.26. The number of nitrogens with one attached hydrogen (secondary N) is 1. The minimum absolute atomic E-state index is 0.0227. The lowest BCUT2D eigenvalue weighted by atomic mass is 10.2. The summed E-state index contributed by atoms with van der Waals surface area (Å²) >= 11 is 0. The summed E-state index contributed by atoms with van der Waals surface area (Å²) in [6.07, 6.45) is 0. The minimum atomic E-state index is -0.0227. The van der Waals surface area contributed by atoms with Gasteiger partial charge in [-0.05, 0) is 27.0 Å². The molecule has 0 fully saturated rings. The molecule has 1 amide bonds. The molecule has 5 heteroatoms. The number of methoxy groups -OCH3 is 1. The molecule has 0 aliphatic rings. The highest BCUT2D eigenvalue weighted by atomic mass is 16.5. The highest BCUT2D eigenvalue weighted by Gasteiger charge is 2.10. The van der Waals surface area contributed by atoms with Crippen LogP contribution >= 0.6 is 0 Å². The number of benzene rings is 1. The Bertz CT molecular complexity index is 433. The van der Waals surface area contributed by atoms with Gasteiger partial charge in [-0.3, -0.25) is 9.69 Å². The number of rotatable bonds is 6. The molecule has 5 nitrogen and oxygen atoms in total. The second kappa shape index (κ2) is 6.99. The lowest BCUT2D eigenvalue weighted by molar-refractivity contribution is -0.122. The molecule has 0 saturated carbocycles. The van der Waals surface area contributed by atoms with E-state index in [1.807, 2.05) is 25.8 Å². The van der Waals surface area contributed by atoms with E-state index in [2.05, 4.69) is 5.32 Å². The zero-order valence-corrected chi connectivity index (χ0v) is 11.9. The molecular formula is C14H22N2O3. The average molecular weight is 266 g/mol. The Hall–Kier alpha value is -1.75. The van der Waals surface area contributed by atoms with Gasteiger partial charge in [0.15, 0.2) is 0 Å². The fourth-order valence-corrected chi connectivity index (χ4v) is 1.76. The molecule has 0 aliphatic carbocycles. The molecule has 2 N–H and O–H groups in total. The lowest BCUT2D eigenvalue weighted by Crippen LogP contribution is -2.38. The number of ether oxygens (including phenoxy) is 1. The molecule has 1 aromatic carbocycles. The third-order valence-corrected chi connectivity index (χ3v) is 2.60. The number of likely N-dealkylation sites (N-methyl/N-ethyl adjacent to an activating group) is 1. The molecule has 0 heterocycles. The van der Waals surface area contributed by atoms with Crippen molar-refractivity contribution in [3.05, 3.63) is 23.8 Å². The van der Waals surface area contributed by atoms with Crippen LogP contribution in [0.1, 0.15) is 19.4 Å². The van der Waals surface area contributed by atoms with Gasteiger partial charge in [0.2, 0.25) is 5.91 Å². The van der Waals surface area contributed by atoms with Crippen molar-refractivity contribution in [1.29, 1.82) is 0 Å². The van der Waals surface area contributed by atoms with Crippen molar-refractivity contribution in [2.45, 2.75) is 26.4 Å². The largest absolute Gasteiger partial charge is 0.507 e. The van der Waals surface area contributed by atoms with Crippen LogP contribution in [0.3, 0.4) is 0 Å². The van der Waals surface area contributed by atoms with Crippen LogP contribution in [0.4, 0.5) is 0 Å². The van der Waals surface area contributed by atoms with E-state index < -0.39 is 0 Å². The predicted molar refractivity (Wildman–Crippen MR) is 74.3 cm³/mol. The first kappa shape index (κ1) is 15.3. The van der Waals surface area contributed by atoms with E-state index in [1.165, 1.54) is 0 Å². The van der Waals surface area contributed by atoms with Crippen LogP contribution in [-0.2, 0) is 11.3 Å². The highest BCUT2D eigenvalue weighted by Crippen LogP contribution is 2.24. The van der Waals surface area contributed by atoms with E-state index in [4.69, 9.17) is 4.74 Å². The van der Waals surface area contributed by atoms with Gasteiger partial charge in [0.1, 0.15) is 11.5 Å². The van der Waals surface area contributed by atoms with Crippen LogP contribution < -0.4 is 10.1 Å². The van der Waals surface area contributed by atoms with Crippen LogP contribution in [0, 0.1) is 0 Å². The number of hydrogen-bond donors (Lipinski definition) is 2. The zero-order chi connectivity index (χ0) is 14.4. The monoisotopic (exact) mass is 266 g/mol. The minimum Gasteiger partial charge on any atom is -0.507 e. The van der Waals surface area contributed by atoms with Gasteiger partial charge in [0, 0.05) is 24.2 Å². The van der Waals surface area contributed by atoms with Gasteiger partial charge >= 0.3 is 0 Å². The number of phenolic OH excluding ortho intramolecular Hbond substituents is 1. The third-order valence-electron chi connectivity index (χ3n) is 2.60. The molecule has 0 spiro atoms. The summed E-state index contributed by atoms with van der Waals surface area (Å²) in [4.78, 5) is 13.5. The molecule has 0 bridgehead atoms. The third kappa shape index (κ3) is 5.18. The summed E-state index contributed by atoms with van der Waals surface area (Å²) in [5.74, 6) is 0.766. The molecule has 0 atom stereocenters. The van der Waals surface area contributed by atoms with Crippen LogP contribution in [0.15, 0.2) is 18.2 Å². The molecule has 0 aliphatic heterocycles. The zero-order valence-electron chi connectivity index (χ0n) is 11.9. The Kier molecular flexibility index (Phi) is 5.63. The van der Waals surface area contributed by atoms with Crippen molar-refractivity contribution in [1.82, 2.24) is 10.2 Å². The molecule has 1 aromatic rings. The number of carbonyl (C=O) groups excluding carboxylic acids is 1. The first-order chi connectivity index (χ1) is 8.92. The molecule has 0 radical (unpaired) electrons. The molecule has 0 saturated heterocycles. The number of aromatic hydroxyl groups is 1. The van der Waals surface area contributed by atoms with Gasteiger partial charge in [-0.15, -0.1) is 0 Å². The quantitative estimate of drug-likeness (QED) is 0.816. The van der Waals surface area contributed by atoms with Crippen LogP contribution in [0.5, 0.6) is 11.5 Å². The van der Waals surface area contributed by atoms with Gasteiger partial charge < -0.3 is 15.2 Å². The summed E-state index contributed by atoms with van der Waals surface area (Å²) < 4.78 is 5.03. The molecule has 1 rings (SSSR count). The van der Waals surface area contributed by atoms with Gasteiger partial charge in [0.25, 0.3) is 0 Å². The van der Waals surface area contributed by atoms with Crippen molar-refractivity contribution in [2.75, 3.05) is 20.7 Å². The standard InChI is InChI=1S/C14H22N2O3/c1-10(2)15-14(18)9-16(3)8-11-5-6-12(19-4)7-13(11)17/h5-7,10,17H,8-9H2,1-4H3,(H,15,18). The number of phenols is 1. The van der Waals surface area contributed by atoms with E-state index >= 15 is 0 Å². The summed E-state index contributed by atoms with van der Waals surface area (Å²) in [7, 11) is 3.39. The SMILES string of the molecule is COc1ccc(CN(C)CC(=O)NC(C)C)c(O)c1. The maximum Gasteiger partial charge on any atom is 0.234 e. The maximum atomic E-state index is 11.6. The number of amides is 1. The van der Waals surface area contributed by atoms with Crippen molar-refractivity contribution >= 4 is 5.91 Å². The number of nitrogens with zero attached hydrogens (tertiary/aromatic N) is 1. The van der Waals surface area contributed by atoms with E-state index in [9.17, 15) is 9.90 Å². The summed E-state index contributed by atoms with van der Waals surface area (Å²) in [6.45, 7) is 4.64. The fourth-order valence-electron chi connectivity index (χ4n) is 1.76. The molecule has 0 aromatic heterocycles. The van der Waals surface area contributed by atoms with Crippen molar-refractivity contribution in [2.24, 2.45) is 0 Å². The highest BCUT2D eigenvalue weighted by molar-refractivity contribution is 5.78. The molecule has 19 heavy (non-hydrogen) atoms. The first-order valence-electron chi connectivity index (χ1n) is 6.26. The Morgan fingerprint density at radius 3 is 2.68 bits per heavy atom. The topological polar surface area (TPSA) is 61.8 Å². The van der Waals surface area contributed by atoms with Gasteiger partial charge in [-0.25, -0.2) is 0 Å². The van der Waals surface area contributed by atoms with Crippen LogP contribution in [0.2, 0.25) is 0 Å². The average Bonchev–Trinajstić information content (AvgIpc) is 2.30. The summed E-state index contributed by atoms with van der Waals surface area (Å²) in [6, 6.07) is 5.29. The van der Waals surface area contributed by atoms with Gasteiger partial charge in [-0.1, -0.05) is 6.07 Å². The number of carbonyl (C=O) groups is 1.